The fourth-order valence-electron chi connectivity index (χ4n) is 1.39. The van der Waals surface area contributed by atoms with Crippen molar-refractivity contribution >= 4 is 26.0 Å². The molecule has 1 aromatic rings. The van der Waals surface area contributed by atoms with Crippen molar-refractivity contribution in [2.45, 2.75) is 6.54 Å². The molecule has 1 aromatic carbocycles. The number of rotatable bonds is 2. The first kappa shape index (κ1) is 10.1. The van der Waals surface area contributed by atoms with Gasteiger partial charge in [-0.15, -0.1) is 0 Å². The van der Waals surface area contributed by atoms with Crippen LogP contribution in [0, 0.1) is 0 Å². The third kappa shape index (κ3) is 1.99. The van der Waals surface area contributed by atoms with Crippen LogP contribution >= 0.6 is 15.9 Å². The predicted molar refractivity (Wildman–Crippen MR) is 58.3 cm³/mol. The maximum absolute atomic E-state index is 11.2. The third-order valence-electron chi connectivity index (χ3n) is 2.24. The molecule has 1 aliphatic heterocycles. The Morgan fingerprint density at radius 2 is 2.21 bits per heavy atom. The lowest BCUT2D eigenvalue weighted by molar-refractivity contribution is 0.379. The molecule has 0 saturated carbocycles. The summed E-state index contributed by atoms with van der Waals surface area (Å²) in [5, 5.41) is 0. The molecule has 1 saturated heterocycles. The van der Waals surface area contributed by atoms with Crippen molar-refractivity contribution in [1.29, 1.82) is 0 Å². The summed E-state index contributed by atoms with van der Waals surface area (Å²) in [5.41, 5.74) is 1.02. The van der Waals surface area contributed by atoms with Gasteiger partial charge in [0, 0.05) is 17.6 Å². The summed E-state index contributed by atoms with van der Waals surface area (Å²) < 4.78 is 24.9. The van der Waals surface area contributed by atoms with Crippen molar-refractivity contribution in [1.82, 2.24) is 4.31 Å². The Hall–Kier alpha value is -0.390. The van der Waals surface area contributed by atoms with Crippen molar-refractivity contribution in [2.24, 2.45) is 0 Å². The number of hydrogen-bond acceptors (Lipinski definition) is 2. The topological polar surface area (TPSA) is 37.4 Å². The van der Waals surface area contributed by atoms with Gasteiger partial charge in [-0.05, 0) is 17.7 Å². The van der Waals surface area contributed by atoms with E-state index in [1.807, 2.05) is 24.3 Å². The van der Waals surface area contributed by atoms with Crippen LogP contribution in [0.15, 0.2) is 28.7 Å². The smallest absolute Gasteiger partial charge is 0.212 e. The van der Waals surface area contributed by atoms with Gasteiger partial charge in [0.1, 0.15) is 0 Å². The molecule has 5 heteroatoms. The standard InChI is InChI=1S/C9H10BrNO2S/c10-9-3-1-2-8(6-9)7-11-4-5-14(11,12)13/h1-3,6H,4-5,7H2. The van der Waals surface area contributed by atoms with Crippen LogP contribution in [-0.2, 0) is 16.6 Å². The number of sulfonamides is 1. The summed E-state index contributed by atoms with van der Waals surface area (Å²) in [4.78, 5) is 0. The van der Waals surface area contributed by atoms with E-state index in [0.717, 1.165) is 10.0 Å². The number of benzene rings is 1. The lowest BCUT2D eigenvalue weighted by Gasteiger charge is -2.30. The molecular formula is C9H10BrNO2S. The van der Waals surface area contributed by atoms with Gasteiger partial charge in [0.25, 0.3) is 0 Å². The Labute approximate surface area is 91.9 Å². The van der Waals surface area contributed by atoms with Crippen LogP contribution < -0.4 is 0 Å². The summed E-state index contributed by atoms with van der Waals surface area (Å²) in [7, 11) is -2.92. The summed E-state index contributed by atoms with van der Waals surface area (Å²) >= 11 is 3.35. The molecule has 0 amide bonds. The van der Waals surface area contributed by atoms with Gasteiger partial charge in [-0.25, -0.2) is 8.42 Å². The first-order valence-electron chi connectivity index (χ1n) is 4.30. The molecule has 0 atom stereocenters. The van der Waals surface area contributed by atoms with Crippen LogP contribution in [0.1, 0.15) is 5.56 Å². The average molecular weight is 276 g/mol. The Bertz CT molecular complexity index is 444. The van der Waals surface area contributed by atoms with Crippen molar-refractivity contribution < 1.29 is 8.42 Å². The third-order valence-corrected chi connectivity index (χ3v) is 4.53. The van der Waals surface area contributed by atoms with E-state index in [2.05, 4.69) is 15.9 Å². The van der Waals surface area contributed by atoms with Crippen LogP contribution in [-0.4, -0.2) is 25.0 Å². The van der Waals surface area contributed by atoms with Crippen molar-refractivity contribution in [3.63, 3.8) is 0 Å². The van der Waals surface area contributed by atoms with E-state index in [-0.39, 0.29) is 0 Å². The predicted octanol–water partition coefficient (Wildman–Crippen LogP) is 1.59. The molecule has 0 aromatic heterocycles. The van der Waals surface area contributed by atoms with Crippen LogP contribution in [0.2, 0.25) is 0 Å². The summed E-state index contributed by atoms with van der Waals surface area (Å²) in [6.45, 7) is 1.14. The minimum atomic E-state index is -2.92. The van der Waals surface area contributed by atoms with E-state index in [4.69, 9.17) is 0 Å². The van der Waals surface area contributed by atoms with Gasteiger partial charge in [-0.1, -0.05) is 28.1 Å². The van der Waals surface area contributed by atoms with Gasteiger partial charge in [0.2, 0.25) is 10.0 Å². The van der Waals surface area contributed by atoms with Crippen LogP contribution in [0.4, 0.5) is 0 Å². The molecule has 0 radical (unpaired) electrons. The molecule has 2 rings (SSSR count). The van der Waals surface area contributed by atoms with E-state index in [1.165, 1.54) is 4.31 Å². The molecule has 0 N–H and O–H groups in total. The van der Waals surface area contributed by atoms with Gasteiger partial charge in [-0.2, -0.15) is 4.31 Å². The second-order valence-electron chi connectivity index (χ2n) is 3.28. The Kier molecular flexibility index (Phi) is 2.64. The normalized spacial score (nSPS) is 20.4. The maximum atomic E-state index is 11.2. The molecule has 14 heavy (non-hydrogen) atoms. The van der Waals surface area contributed by atoms with Crippen molar-refractivity contribution in [3.05, 3.63) is 34.3 Å². The fraction of sp³-hybridized carbons (Fsp3) is 0.333. The van der Waals surface area contributed by atoms with E-state index in [1.54, 1.807) is 0 Å². The molecule has 1 aliphatic rings. The highest BCUT2D eigenvalue weighted by molar-refractivity contribution is 9.10. The van der Waals surface area contributed by atoms with E-state index in [0.29, 0.717) is 18.8 Å². The summed E-state index contributed by atoms with van der Waals surface area (Å²) in [6.07, 6.45) is 0. The molecule has 0 aliphatic carbocycles. The monoisotopic (exact) mass is 275 g/mol. The van der Waals surface area contributed by atoms with Crippen molar-refractivity contribution in [2.75, 3.05) is 12.3 Å². The number of hydrogen-bond donors (Lipinski definition) is 0. The minimum Gasteiger partial charge on any atom is -0.212 e. The van der Waals surface area contributed by atoms with Crippen LogP contribution in [0.25, 0.3) is 0 Å². The molecule has 1 fully saturated rings. The van der Waals surface area contributed by atoms with Gasteiger partial charge in [0.15, 0.2) is 0 Å². The van der Waals surface area contributed by atoms with E-state index >= 15 is 0 Å². The van der Waals surface area contributed by atoms with Gasteiger partial charge < -0.3 is 0 Å². The highest BCUT2D eigenvalue weighted by atomic mass is 79.9. The second-order valence-corrected chi connectivity index (χ2v) is 6.28. The fourth-order valence-corrected chi connectivity index (χ4v) is 2.92. The average Bonchev–Trinajstić information content (AvgIpc) is 2.13. The van der Waals surface area contributed by atoms with Crippen LogP contribution in [0.5, 0.6) is 0 Å². The molecule has 1 heterocycles. The SMILES string of the molecule is O=S1(=O)CCN1Cc1cccc(Br)c1. The Morgan fingerprint density at radius 1 is 1.43 bits per heavy atom. The Morgan fingerprint density at radius 3 is 2.71 bits per heavy atom. The molecule has 0 spiro atoms. The highest BCUT2D eigenvalue weighted by Crippen LogP contribution is 2.19. The van der Waals surface area contributed by atoms with Crippen LogP contribution in [0.3, 0.4) is 0 Å². The first-order valence-corrected chi connectivity index (χ1v) is 6.70. The highest BCUT2D eigenvalue weighted by Gasteiger charge is 2.31. The summed E-state index contributed by atoms with van der Waals surface area (Å²) in [5.74, 6) is 0.293. The number of halogens is 1. The Balaban J connectivity index is 2.12. The largest absolute Gasteiger partial charge is 0.215 e. The zero-order chi connectivity index (χ0) is 10.2. The lowest BCUT2D eigenvalue weighted by Crippen LogP contribution is -2.46. The summed E-state index contributed by atoms with van der Waals surface area (Å²) in [6, 6.07) is 7.70. The quantitative estimate of drug-likeness (QED) is 0.822. The van der Waals surface area contributed by atoms with Gasteiger partial charge in [-0.3, -0.25) is 0 Å². The number of nitrogens with zero attached hydrogens (tertiary/aromatic N) is 1. The molecule has 0 unspecified atom stereocenters. The van der Waals surface area contributed by atoms with E-state index in [9.17, 15) is 8.42 Å². The molecule has 3 nitrogen and oxygen atoms in total. The van der Waals surface area contributed by atoms with Gasteiger partial charge in [0.05, 0.1) is 5.75 Å². The molecule has 0 bridgehead atoms. The molecule has 76 valence electrons. The van der Waals surface area contributed by atoms with Crippen molar-refractivity contribution in [3.8, 4) is 0 Å². The van der Waals surface area contributed by atoms with Gasteiger partial charge >= 0.3 is 0 Å². The lowest BCUT2D eigenvalue weighted by atomic mass is 10.2. The first-order chi connectivity index (χ1) is 6.58. The van der Waals surface area contributed by atoms with E-state index < -0.39 is 10.0 Å². The zero-order valence-corrected chi connectivity index (χ0v) is 9.88. The second kappa shape index (κ2) is 3.64. The zero-order valence-electron chi connectivity index (χ0n) is 7.48. The maximum Gasteiger partial charge on any atom is 0.215 e. The minimum absolute atomic E-state index is 0.293. The molecular weight excluding hydrogens is 266 g/mol.